The largest absolute Gasteiger partial charge is 0.496 e. The fourth-order valence-corrected chi connectivity index (χ4v) is 2.30. The minimum absolute atomic E-state index is 0.140. The Kier molecular flexibility index (Phi) is 3.29. The van der Waals surface area contributed by atoms with E-state index in [1.165, 1.54) is 11.7 Å². The van der Waals surface area contributed by atoms with Crippen molar-refractivity contribution in [1.82, 2.24) is 4.57 Å². The number of ether oxygens (including phenoxy) is 2. The van der Waals surface area contributed by atoms with Crippen LogP contribution in [0.1, 0.15) is 15.9 Å². The lowest BCUT2D eigenvalue weighted by Gasteiger charge is -2.16. The molecule has 5 heteroatoms. The van der Waals surface area contributed by atoms with Crippen molar-refractivity contribution in [3.8, 4) is 11.5 Å². The van der Waals surface area contributed by atoms with E-state index < -0.39 is 0 Å². The van der Waals surface area contributed by atoms with Gasteiger partial charge in [0.1, 0.15) is 11.5 Å². The molecular weight excluding hydrogens is 246 g/mol. The highest BCUT2D eigenvalue weighted by Gasteiger charge is 2.18. The molecule has 0 radical (unpaired) electrons. The van der Waals surface area contributed by atoms with E-state index in [1.54, 1.807) is 33.2 Å². The first-order valence-electron chi connectivity index (χ1n) is 5.76. The summed E-state index contributed by atoms with van der Waals surface area (Å²) in [6.45, 7) is 1.73. The summed E-state index contributed by atoms with van der Waals surface area (Å²) >= 11 is 0. The number of methoxy groups -OCH3 is 2. The lowest BCUT2D eigenvalue weighted by Crippen LogP contribution is -2.23. The highest BCUT2D eigenvalue weighted by molar-refractivity contribution is 5.97. The Morgan fingerprint density at radius 2 is 1.74 bits per heavy atom. The summed E-state index contributed by atoms with van der Waals surface area (Å²) in [6, 6.07) is 3.49. The standard InChI is InChI=1S/C14H15NO4/c1-8-9(7-16)14(17)15(2)13-11(19-4)6-5-10(18-3)12(8)13/h5-7H,1-4H3. The fraction of sp³-hybridized carbons (Fsp3) is 0.286. The molecule has 0 saturated heterocycles. The van der Waals surface area contributed by atoms with Gasteiger partial charge in [-0.05, 0) is 24.6 Å². The van der Waals surface area contributed by atoms with Gasteiger partial charge in [0.05, 0.1) is 25.3 Å². The number of aromatic nitrogens is 1. The minimum atomic E-state index is -0.341. The maximum Gasteiger partial charge on any atom is 0.261 e. The van der Waals surface area contributed by atoms with Gasteiger partial charge in [-0.3, -0.25) is 9.59 Å². The van der Waals surface area contributed by atoms with Crippen LogP contribution >= 0.6 is 0 Å². The molecule has 0 spiro atoms. The Hall–Kier alpha value is -2.30. The summed E-state index contributed by atoms with van der Waals surface area (Å²) in [5.74, 6) is 1.17. The van der Waals surface area contributed by atoms with Gasteiger partial charge in [0.15, 0.2) is 6.29 Å². The molecule has 2 rings (SSSR count). The van der Waals surface area contributed by atoms with E-state index in [1.807, 2.05) is 0 Å². The zero-order chi connectivity index (χ0) is 14.2. The Morgan fingerprint density at radius 1 is 1.16 bits per heavy atom. The molecule has 5 nitrogen and oxygen atoms in total. The van der Waals surface area contributed by atoms with Crippen LogP contribution in [-0.2, 0) is 7.05 Å². The first kappa shape index (κ1) is 13.1. The highest BCUT2D eigenvalue weighted by atomic mass is 16.5. The van der Waals surface area contributed by atoms with Gasteiger partial charge in [0, 0.05) is 12.4 Å². The van der Waals surface area contributed by atoms with Gasteiger partial charge >= 0.3 is 0 Å². The van der Waals surface area contributed by atoms with Gasteiger partial charge in [-0.2, -0.15) is 0 Å². The minimum Gasteiger partial charge on any atom is -0.496 e. The van der Waals surface area contributed by atoms with Crippen molar-refractivity contribution in [1.29, 1.82) is 0 Å². The quantitative estimate of drug-likeness (QED) is 0.789. The third-order valence-electron chi connectivity index (χ3n) is 3.31. The van der Waals surface area contributed by atoms with Crippen LogP contribution in [0.15, 0.2) is 16.9 Å². The highest BCUT2D eigenvalue weighted by Crippen LogP contribution is 2.34. The molecule has 0 fully saturated rings. The molecule has 0 aliphatic carbocycles. The summed E-state index contributed by atoms with van der Waals surface area (Å²) < 4.78 is 12.0. The zero-order valence-electron chi connectivity index (χ0n) is 11.3. The molecule has 1 aromatic carbocycles. The second-order valence-corrected chi connectivity index (χ2v) is 4.21. The SMILES string of the molecule is COc1ccc(OC)c2c1c(C)c(C=O)c(=O)n2C. The Labute approximate surface area is 110 Å². The van der Waals surface area contributed by atoms with E-state index in [4.69, 9.17) is 9.47 Å². The third kappa shape index (κ3) is 1.78. The van der Waals surface area contributed by atoms with Crippen LogP contribution in [-0.4, -0.2) is 25.1 Å². The molecule has 2 aromatic rings. The number of rotatable bonds is 3. The van der Waals surface area contributed by atoms with Gasteiger partial charge in [-0.25, -0.2) is 0 Å². The number of pyridine rings is 1. The molecule has 1 aromatic heterocycles. The molecule has 100 valence electrons. The van der Waals surface area contributed by atoms with Crippen LogP contribution < -0.4 is 15.0 Å². The fourth-order valence-electron chi connectivity index (χ4n) is 2.30. The van der Waals surface area contributed by atoms with E-state index in [9.17, 15) is 9.59 Å². The normalized spacial score (nSPS) is 10.5. The molecule has 0 aliphatic rings. The first-order valence-corrected chi connectivity index (χ1v) is 5.76. The molecule has 19 heavy (non-hydrogen) atoms. The number of aryl methyl sites for hydroxylation is 2. The third-order valence-corrected chi connectivity index (χ3v) is 3.31. The summed E-state index contributed by atoms with van der Waals surface area (Å²) in [5.41, 5.74) is 1.02. The molecular formula is C14H15NO4. The number of fused-ring (bicyclic) bond motifs is 1. The van der Waals surface area contributed by atoms with Gasteiger partial charge in [-0.15, -0.1) is 0 Å². The molecule has 0 N–H and O–H groups in total. The van der Waals surface area contributed by atoms with E-state index in [0.29, 0.717) is 34.3 Å². The number of hydrogen-bond donors (Lipinski definition) is 0. The average molecular weight is 261 g/mol. The Bertz CT molecular complexity index is 716. The first-order chi connectivity index (χ1) is 9.06. The Morgan fingerprint density at radius 3 is 2.26 bits per heavy atom. The van der Waals surface area contributed by atoms with Gasteiger partial charge in [0.25, 0.3) is 5.56 Å². The van der Waals surface area contributed by atoms with Crippen LogP contribution in [0.25, 0.3) is 10.9 Å². The molecule has 1 heterocycles. The van der Waals surface area contributed by atoms with Gasteiger partial charge in [-0.1, -0.05) is 0 Å². The molecule has 0 bridgehead atoms. The maximum atomic E-state index is 12.1. The maximum absolute atomic E-state index is 12.1. The average Bonchev–Trinajstić information content (AvgIpc) is 2.43. The second-order valence-electron chi connectivity index (χ2n) is 4.21. The van der Waals surface area contributed by atoms with Crippen LogP contribution in [0.3, 0.4) is 0 Å². The van der Waals surface area contributed by atoms with E-state index in [2.05, 4.69) is 0 Å². The van der Waals surface area contributed by atoms with Crippen LogP contribution in [0.5, 0.6) is 11.5 Å². The van der Waals surface area contributed by atoms with Crippen molar-refractivity contribution in [2.24, 2.45) is 7.05 Å². The van der Waals surface area contributed by atoms with Crippen molar-refractivity contribution < 1.29 is 14.3 Å². The number of benzene rings is 1. The van der Waals surface area contributed by atoms with Crippen molar-refractivity contribution in [3.05, 3.63) is 33.6 Å². The Balaban J connectivity index is 3.14. The number of nitrogens with zero attached hydrogens (tertiary/aromatic N) is 1. The second kappa shape index (κ2) is 4.76. The molecule has 0 amide bonds. The van der Waals surface area contributed by atoms with Crippen LogP contribution in [0.4, 0.5) is 0 Å². The number of aldehydes is 1. The van der Waals surface area contributed by atoms with Gasteiger partial charge < -0.3 is 14.0 Å². The molecule has 0 aliphatic heterocycles. The summed E-state index contributed by atoms with van der Waals surface area (Å²) in [4.78, 5) is 23.3. The summed E-state index contributed by atoms with van der Waals surface area (Å²) in [5, 5.41) is 0.714. The van der Waals surface area contributed by atoms with Crippen molar-refractivity contribution in [2.75, 3.05) is 14.2 Å². The summed E-state index contributed by atoms with van der Waals surface area (Å²) in [7, 11) is 4.69. The predicted molar refractivity (Wildman–Crippen MR) is 72.4 cm³/mol. The smallest absolute Gasteiger partial charge is 0.261 e. The van der Waals surface area contributed by atoms with E-state index >= 15 is 0 Å². The predicted octanol–water partition coefficient (Wildman–Crippen LogP) is 1.68. The molecule has 0 saturated carbocycles. The monoisotopic (exact) mass is 261 g/mol. The summed E-state index contributed by atoms with van der Waals surface area (Å²) in [6.07, 6.45) is 0.579. The van der Waals surface area contributed by atoms with Crippen molar-refractivity contribution in [2.45, 2.75) is 6.92 Å². The van der Waals surface area contributed by atoms with Gasteiger partial charge in [0.2, 0.25) is 0 Å². The van der Waals surface area contributed by atoms with E-state index in [0.717, 1.165) is 0 Å². The number of carbonyl (C=O) groups excluding carboxylic acids is 1. The zero-order valence-corrected chi connectivity index (χ0v) is 11.3. The molecule has 0 unspecified atom stereocenters. The topological polar surface area (TPSA) is 57.5 Å². The van der Waals surface area contributed by atoms with Crippen LogP contribution in [0.2, 0.25) is 0 Å². The number of carbonyl (C=O) groups is 1. The lowest BCUT2D eigenvalue weighted by molar-refractivity contribution is 0.112. The van der Waals surface area contributed by atoms with E-state index in [-0.39, 0.29) is 11.1 Å². The van der Waals surface area contributed by atoms with Crippen LogP contribution in [0, 0.1) is 6.92 Å². The number of hydrogen-bond acceptors (Lipinski definition) is 4. The molecule has 0 atom stereocenters. The van der Waals surface area contributed by atoms with Crippen molar-refractivity contribution in [3.63, 3.8) is 0 Å². The van der Waals surface area contributed by atoms with Crippen molar-refractivity contribution >= 4 is 17.2 Å². The lowest BCUT2D eigenvalue weighted by atomic mass is 10.0.